The number of carbonyl (C=O) groups excluding carboxylic acids is 2. The van der Waals surface area contributed by atoms with Crippen LogP contribution in [0.2, 0.25) is 5.15 Å². The Morgan fingerprint density at radius 1 is 1.02 bits per heavy atom. The van der Waals surface area contributed by atoms with Gasteiger partial charge in [-0.15, -0.1) is 5.10 Å². The molecule has 56 heavy (non-hydrogen) atoms. The lowest BCUT2D eigenvalue weighted by atomic mass is 9.85. The zero-order chi connectivity index (χ0) is 40.3. The maximum Gasteiger partial charge on any atom is 0.410 e. The van der Waals surface area contributed by atoms with E-state index in [1.54, 1.807) is 18.3 Å². The lowest BCUT2D eigenvalue weighted by molar-refractivity contribution is -0.190. The summed E-state index contributed by atoms with van der Waals surface area (Å²) in [6.45, 7) is 10.9. The summed E-state index contributed by atoms with van der Waals surface area (Å²) >= 11 is 7.44. The van der Waals surface area contributed by atoms with E-state index in [-0.39, 0.29) is 65.9 Å². The van der Waals surface area contributed by atoms with Crippen molar-refractivity contribution in [2.45, 2.75) is 95.0 Å². The van der Waals surface area contributed by atoms with E-state index < -0.39 is 23.1 Å². The Hall–Kier alpha value is -4.50. The molecule has 3 aromatic heterocycles. The van der Waals surface area contributed by atoms with Gasteiger partial charge in [0.05, 0.1) is 17.6 Å². The van der Waals surface area contributed by atoms with E-state index in [0.29, 0.717) is 29.8 Å². The van der Waals surface area contributed by atoms with E-state index in [9.17, 15) is 22.8 Å². The average molecular weight is 814 g/mol. The van der Waals surface area contributed by atoms with Crippen molar-refractivity contribution >= 4 is 41.4 Å². The fraction of sp³-hybridized carbons (Fsp3) is 0.475. The van der Waals surface area contributed by atoms with E-state index in [0.717, 1.165) is 24.8 Å². The highest BCUT2D eigenvalue weighted by Crippen LogP contribution is 2.59. The van der Waals surface area contributed by atoms with Crippen LogP contribution >= 0.6 is 23.5 Å². The maximum atomic E-state index is 13.2. The van der Waals surface area contributed by atoms with Crippen LogP contribution in [-0.4, -0.2) is 73.7 Å². The van der Waals surface area contributed by atoms with Gasteiger partial charge in [0.25, 0.3) is 5.91 Å². The summed E-state index contributed by atoms with van der Waals surface area (Å²) in [5.41, 5.74) is -1.22. The molecule has 2 aliphatic rings. The Bertz CT molecular complexity index is 2000. The second kappa shape index (κ2) is 16.5. The number of carbonyl (C=O) groups is 2. The van der Waals surface area contributed by atoms with Crippen LogP contribution in [0.4, 0.5) is 23.8 Å². The minimum absolute atomic E-state index is 0.0605. The lowest BCUT2D eigenvalue weighted by Crippen LogP contribution is -2.45. The maximum absolute atomic E-state index is 13.2. The zero-order valence-electron chi connectivity index (χ0n) is 32.0. The van der Waals surface area contributed by atoms with Crippen molar-refractivity contribution in [3.05, 3.63) is 89.2 Å². The fourth-order valence-corrected chi connectivity index (χ4v) is 7.84. The van der Waals surface area contributed by atoms with E-state index in [1.807, 2.05) is 56.0 Å². The van der Waals surface area contributed by atoms with Crippen LogP contribution in [0.5, 0.6) is 5.88 Å². The summed E-state index contributed by atoms with van der Waals surface area (Å²) in [5.74, 6) is 1.04. The molecule has 4 aromatic rings. The van der Waals surface area contributed by atoms with Gasteiger partial charge in [-0.1, -0.05) is 48.0 Å². The Kier molecular flexibility index (Phi) is 12.1. The van der Waals surface area contributed by atoms with Crippen LogP contribution in [0.3, 0.4) is 0 Å². The lowest BCUT2D eigenvalue weighted by Gasteiger charge is -2.33. The van der Waals surface area contributed by atoms with Crippen molar-refractivity contribution < 1.29 is 32.2 Å². The van der Waals surface area contributed by atoms with Gasteiger partial charge >= 0.3 is 12.3 Å². The second-order valence-corrected chi connectivity index (χ2v) is 17.3. The average Bonchev–Trinajstić information content (AvgIpc) is 3.68. The van der Waals surface area contributed by atoms with Gasteiger partial charge in [-0.05, 0) is 102 Å². The van der Waals surface area contributed by atoms with Crippen molar-refractivity contribution in [1.29, 1.82) is 0 Å². The van der Waals surface area contributed by atoms with Gasteiger partial charge in [-0.25, -0.2) is 19.4 Å². The molecule has 2 N–H and O–H groups in total. The normalized spacial score (nSPS) is 17.9. The molecule has 16 heteroatoms. The quantitative estimate of drug-likeness (QED) is 0.0947. The highest BCUT2D eigenvalue weighted by atomic mass is 35.5. The summed E-state index contributed by atoms with van der Waals surface area (Å²) in [6.07, 6.45) is -1.15. The fourth-order valence-electron chi connectivity index (χ4n) is 7.01. The number of halogens is 4. The van der Waals surface area contributed by atoms with Gasteiger partial charge < -0.3 is 19.7 Å². The predicted molar refractivity (Wildman–Crippen MR) is 209 cm³/mol. The summed E-state index contributed by atoms with van der Waals surface area (Å²) in [5, 5.41) is 8.21. The van der Waals surface area contributed by atoms with E-state index >= 15 is 0 Å². The van der Waals surface area contributed by atoms with E-state index in [1.165, 1.54) is 22.4 Å². The number of alkyl halides is 3. The number of hydrogen-bond acceptors (Lipinski definition) is 9. The molecular weight excluding hydrogens is 767 g/mol. The molecule has 1 saturated heterocycles. The first-order valence-electron chi connectivity index (χ1n) is 18.6. The van der Waals surface area contributed by atoms with E-state index in [4.69, 9.17) is 26.1 Å². The summed E-state index contributed by atoms with van der Waals surface area (Å²) < 4.78 is 55.0. The number of rotatable bonds is 14. The zero-order valence-corrected chi connectivity index (χ0v) is 33.6. The first-order valence-corrected chi connectivity index (χ1v) is 19.8. The number of amides is 2. The third-order valence-corrected chi connectivity index (χ3v) is 11.1. The number of nitrogens with one attached hydrogen (secondary N) is 2. The molecule has 0 spiro atoms. The largest absolute Gasteiger partial charge is 0.477 e. The number of likely N-dealkylation sites (tertiary alicyclic amines) is 1. The van der Waals surface area contributed by atoms with E-state index in [2.05, 4.69) is 46.1 Å². The SMILES string of the molecule is CC(C)(C)OC(=O)N1CC(CC(CNc2cccc(SNC(=O)c3ccc(-n4ccc(OCCC5(C(F)(F)F)CC5)n4)nc3Cl)n2)c2ccccc2)CC1(C)C. The Labute approximate surface area is 334 Å². The topological polar surface area (TPSA) is 124 Å². The third-order valence-electron chi connectivity index (χ3n) is 10.1. The van der Waals surface area contributed by atoms with Crippen molar-refractivity contribution in [3.8, 4) is 11.7 Å². The van der Waals surface area contributed by atoms with Crippen molar-refractivity contribution in [3.63, 3.8) is 0 Å². The first kappa shape index (κ1) is 41.1. The van der Waals surface area contributed by atoms with Crippen LogP contribution in [0.1, 0.15) is 88.6 Å². The standard InChI is InChI=1S/C40H47ClF3N7O4S/c1-37(2,3)55-36(53)50-25-26(23-38(50,4)5)22-28(27-10-7-6-8-11-27)24-45-30-12-9-13-33(46-30)56-49-35(52)29-14-15-31(47-34(29)41)51-20-16-32(48-51)54-21-19-39(17-18-39)40(42,43)44/h6-16,20,26,28H,17-19,21-25H2,1-5H3,(H,45,46)(H,49,52). The van der Waals surface area contributed by atoms with Gasteiger partial charge in [-0.3, -0.25) is 9.52 Å². The highest BCUT2D eigenvalue weighted by Gasteiger charge is 2.62. The molecule has 1 aliphatic carbocycles. The summed E-state index contributed by atoms with van der Waals surface area (Å²) in [7, 11) is 0. The van der Waals surface area contributed by atoms with Gasteiger partial charge in [0.2, 0.25) is 5.88 Å². The van der Waals surface area contributed by atoms with Crippen molar-refractivity contribution in [2.75, 3.05) is 25.0 Å². The Morgan fingerprint density at radius 3 is 2.45 bits per heavy atom. The predicted octanol–water partition coefficient (Wildman–Crippen LogP) is 9.49. The molecule has 4 heterocycles. The summed E-state index contributed by atoms with van der Waals surface area (Å²) in [6, 6.07) is 20.4. The molecule has 1 saturated carbocycles. The van der Waals surface area contributed by atoms with Crippen molar-refractivity contribution in [1.82, 2.24) is 29.4 Å². The molecule has 1 aromatic carbocycles. The van der Waals surface area contributed by atoms with Gasteiger partial charge in [0, 0.05) is 48.8 Å². The Morgan fingerprint density at radius 2 is 1.77 bits per heavy atom. The number of hydrogen-bond donors (Lipinski definition) is 2. The van der Waals surface area contributed by atoms with Crippen LogP contribution in [0.25, 0.3) is 5.82 Å². The van der Waals surface area contributed by atoms with Gasteiger partial charge in [-0.2, -0.15) is 13.2 Å². The molecule has 2 fully saturated rings. The molecule has 6 rings (SSSR count). The minimum Gasteiger partial charge on any atom is -0.477 e. The highest BCUT2D eigenvalue weighted by molar-refractivity contribution is 7.97. The molecule has 1 aliphatic heterocycles. The van der Waals surface area contributed by atoms with Crippen LogP contribution in [0.15, 0.2) is 78.0 Å². The number of pyridine rings is 2. The third kappa shape index (κ3) is 10.3. The Balaban J connectivity index is 1.02. The van der Waals surface area contributed by atoms with Crippen LogP contribution < -0.4 is 14.8 Å². The number of benzene rings is 1. The molecule has 0 bridgehead atoms. The second-order valence-electron chi connectivity index (χ2n) is 16.1. The molecular formula is C40H47ClF3N7O4S. The van der Waals surface area contributed by atoms with Crippen LogP contribution in [-0.2, 0) is 4.74 Å². The number of ether oxygens (including phenoxy) is 2. The number of nitrogens with zero attached hydrogens (tertiary/aromatic N) is 5. The molecule has 0 radical (unpaired) electrons. The van der Waals surface area contributed by atoms with Gasteiger partial charge in [0.1, 0.15) is 21.6 Å². The summed E-state index contributed by atoms with van der Waals surface area (Å²) in [4.78, 5) is 37.0. The van der Waals surface area contributed by atoms with Gasteiger partial charge in [0.15, 0.2) is 5.82 Å². The minimum atomic E-state index is -4.24. The monoisotopic (exact) mass is 813 g/mol. The number of aromatic nitrogens is 4. The van der Waals surface area contributed by atoms with Crippen molar-refractivity contribution in [2.24, 2.45) is 11.3 Å². The molecule has 11 nitrogen and oxygen atoms in total. The number of anilines is 1. The molecule has 2 atom stereocenters. The first-order chi connectivity index (χ1) is 26.4. The smallest absolute Gasteiger partial charge is 0.410 e. The van der Waals surface area contributed by atoms with Crippen LogP contribution in [0, 0.1) is 11.3 Å². The molecule has 2 unspecified atom stereocenters. The molecule has 2 amide bonds. The molecule has 300 valence electrons.